The molecule has 0 atom stereocenters. The third kappa shape index (κ3) is 3.10. The maximum absolute atomic E-state index is 6.19. The molecule has 2 nitrogen and oxygen atoms in total. The number of fused-ring (bicyclic) bond motifs is 1. The fourth-order valence-electron chi connectivity index (χ4n) is 2.15. The molecule has 0 saturated carbocycles. The van der Waals surface area contributed by atoms with Crippen LogP contribution in [-0.2, 0) is 0 Å². The van der Waals surface area contributed by atoms with Crippen molar-refractivity contribution in [2.45, 2.75) is 0 Å². The molecule has 0 saturated heterocycles. The minimum absolute atomic E-state index is 0.496. The van der Waals surface area contributed by atoms with E-state index in [9.17, 15) is 0 Å². The van der Waals surface area contributed by atoms with E-state index in [1.807, 2.05) is 24.3 Å². The summed E-state index contributed by atoms with van der Waals surface area (Å²) < 4.78 is 1.06. The largest absolute Gasteiger partial charge is 0.399 e. The van der Waals surface area contributed by atoms with E-state index >= 15 is 0 Å². The second-order valence-electron chi connectivity index (χ2n) is 4.69. The molecule has 0 unspecified atom stereocenters. The Kier molecular flexibility index (Phi) is 3.98. The number of benzene rings is 3. The summed E-state index contributed by atoms with van der Waals surface area (Å²) in [6, 6.07) is 15.6. The molecule has 0 bridgehead atoms. The van der Waals surface area contributed by atoms with Crippen LogP contribution in [-0.4, -0.2) is 0 Å². The highest BCUT2D eigenvalue weighted by atomic mass is 79.9. The van der Waals surface area contributed by atoms with Crippen molar-refractivity contribution in [2.75, 3.05) is 11.1 Å². The third-order valence-corrected chi connectivity index (χ3v) is 4.23. The lowest BCUT2D eigenvalue weighted by molar-refractivity contribution is 1.56. The van der Waals surface area contributed by atoms with Gasteiger partial charge in [-0.1, -0.05) is 51.3 Å². The van der Waals surface area contributed by atoms with Gasteiger partial charge < -0.3 is 11.1 Å². The first-order valence-electron chi connectivity index (χ1n) is 6.24. The molecule has 3 rings (SSSR count). The third-order valence-electron chi connectivity index (χ3n) is 3.14. The van der Waals surface area contributed by atoms with E-state index in [0.29, 0.717) is 21.4 Å². The average molecular weight is 382 g/mol. The van der Waals surface area contributed by atoms with Crippen molar-refractivity contribution in [2.24, 2.45) is 0 Å². The van der Waals surface area contributed by atoms with Gasteiger partial charge in [0.15, 0.2) is 0 Å². The molecular weight excluding hydrogens is 371 g/mol. The van der Waals surface area contributed by atoms with Crippen LogP contribution in [0.5, 0.6) is 0 Å². The first kappa shape index (κ1) is 14.5. The van der Waals surface area contributed by atoms with E-state index < -0.39 is 0 Å². The molecule has 0 aliphatic rings. The van der Waals surface area contributed by atoms with Crippen molar-refractivity contribution in [3.8, 4) is 0 Å². The first-order valence-corrected chi connectivity index (χ1v) is 7.79. The van der Waals surface area contributed by atoms with Crippen molar-refractivity contribution in [3.63, 3.8) is 0 Å². The first-order chi connectivity index (χ1) is 10.0. The Labute approximate surface area is 141 Å². The van der Waals surface area contributed by atoms with Gasteiger partial charge in [-0.3, -0.25) is 0 Å². The SMILES string of the molecule is Nc1cc(Cl)c(Nc2ccc3cc(Br)ccc3c2)c(Cl)c1. The van der Waals surface area contributed by atoms with Crippen LogP contribution in [0, 0.1) is 0 Å². The van der Waals surface area contributed by atoms with Crippen molar-refractivity contribution >= 4 is 67.0 Å². The van der Waals surface area contributed by atoms with E-state index in [-0.39, 0.29) is 0 Å². The van der Waals surface area contributed by atoms with Gasteiger partial charge in [0.25, 0.3) is 0 Å². The van der Waals surface area contributed by atoms with E-state index in [4.69, 9.17) is 28.9 Å². The fraction of sp³-hybridized carbons (Fsp3) is 0. The van der Waals surface area contributed by atoms with Gasteiger partial charge in [-0.15, -0.1) is 0 Å². The topological polar surface area (TPSA) is 38.0 Å². The summed E-state index contributed by atoms with van der Waals surface area (Å²) in [4.78, 5) is 0. The number of nitrogens with one attached hydrogen (secondary N) is 1. The van der Waals surface area contributed by atoms with Crippen LogP contribution >= 0.6 is 39.1 Å². The van der Waals surface area contributed by atoms with Gasteiger partial charge in [-0.2, -0.15) is 0 Å². The molecule has 5 heteroatoms. The molecule has 0 spiro atoms. The molecule has 3 aromatic carbocycles. The summed E-state index contributed by atoms with van der Waals surface area (Å²) >= 11 is 15.8. The molecule has 0 fully saturated rings. The lowest BCUT2D eigenvalue weighted by Crippen LogP contribution is -1.94. The van der Waals surface area contributed by atoms with Crippen molar-refractivity contribution in [1.82, 2.24) is 0 Å². The molecule has 0 aliphatic heterocycles. The highest BCUT2D eigenvalue weighted by molar-refractivity contribution is 9.10. The Morgan fingerprint density at radius 3 is 2.19 bits per heavy atom. The van der Waals surface area contributed by atoms with Crippen LogP contribution in [0.25, 0.3) is 10.8 Å². The number of rotatable bonds is 2. The fourth-order valence-corrected chi connectivity index (χ4v) is 3.13. The van der Waals surface area contributed by atoms with Crippen LogP contribution in [0.1, 0.15) is 0 Å². The molecule has 21 heavy (non-hydrogen) atoms. The molecule has 106 valence electrons. The standard InChI is InChI=1S/C16H11BrCl2N2/c17-11-3-1-10-6-13(4-2-9(10)5-11)21-16-14(18)7-12(20)8-15(16)19/h1-8,21H,20H2. The van der Waals surface area contributed by atoms with Crippen molar-refractivity contribution in [3.05, 3.63) is 63.0 Å². The molecule has 3 N–H and O–H groups in total. The lowest BCUT2D eigenvalue weighted by atomic mass is 10.1. The van der Waals surface area contributed by atoms with Gasteiger partial charge in [0.1, 0.15) is 0 Å². The minimum Gasteiger partial charge on any atom is -0.399 e. The maximum Gasteiger partial charge on any atom is 0.0764 e. The van der Waals surface area contributed by atoms with Crippen LogP contribution in [0.3, 0.4) is 0 Å². The van der Waals surface area contributed by atoms with Crippen LogP contribution < -0.4 is 11.1 Å². The van der Waals surface area contributed by atoms with E-state index in [1.165, 1.54) is 0 Å². The second kappa shape index (κ2) is 5.76. The average Bonchev–Trinajstić information content (AvgIpc) is 2.43. The summed E-state index contributed by atoms with van der Waals surface area (Å²) in [6.45, 7) is 0. The number of anilines is 3. The van der Waals surface area contributed by atoms with E-state index in [2.05, 4.69) is 33.4 Å². The van der Waals surface area contributed by atoms with Crippen LogP contribution in [0.4, 0.5) is 17.1 Å². The van der Waals surface area contributed by atoms with E-state index in [1.54, 1.807) is 12.1 Å². The molecule has 0 radical (unpaired) electrons. The zero-order valence-corrected chi connectivity index (χ0v) is 13.9. The van der Waals surface area contributed by atoms with Gasteiger partial charge >= 0.3 is 0 Å². The Bertz CT molecular complexity index is 811. The van der Waals surface area contributed by atoms with Gasteiger partial charge in [0, 0.05) is 15.8 Å². The van der Waals surface area contributed by atoms with E-state index in [0.717, 1.165) is 20.9 Å². The van der Waals surface area contributed by atoms with Gasteiger partial charge in [0.05, 0.1) is 15.7 Å². The Balaban J connectivity index is 2.00. The number of nitrogens with two attached hydrogens (primary N) is 1. The Morgan fingerprint density at radius 2 is 1.48 bits per heavy atom. The summed E-state index contributed by atoms with van der Waals surface area (Å²) in [5, 5.41) is 6.52. The van der Waals surface area contributed by atoms with Gasteiger partial charge in [-0.05, 0) is 47.2 Å². The summed E-state index contributed by atoms with van der Waals surface area (Å²) in [7, 11) is 0. The zero-order valence-electron chi connectivity index (χ0n) is 10.8. The minimum atomic E-state index is 0.496. The number of halogens is 3. The molecule has 0 aliphatic carbocycles. The molecule has 3 aromatic rings. The quantitative estimate of drug-likeness (QED) is 0.516. The Morgan fingerprint density at radius 1 is 0.857 bits per heavy atom. The second-order valence-corrected chi connectivity index (χ2v) is 6.42. The predicted molar refractivity (Wildman–Crippen MR) is 95.8 cm³/mol. The number of nitrogen functional groups attached to an aromatic ring is 1. The number of hydrogen-bond donors (Lipinski definition) is 2. The summed E-state index contributed by atoms with van der Waals surface area (Å²) in [6.07, 6.45) is 0. The molecule has 0 amide bonds. The summed E-state index contributed by atoms with van der Waals surface area (Å²) in [5.74, 6) is 0. The highest BCUT2D eigenvalue weighted by Crippen LogP contribution is 2.35. The van der Waals surface area contributed by atoms with Crippen molar-refractivity contribution in [1.29, 1.82) is 0 Å². The van der Waals surface area contributed by atoms with Crippen molar-refractivity contribution < 1.29 is 0 Å². The molecular formula is C16H11BrCl2N2. The zero-order chi connectivity index (χ0) is 15.0. The predicted octanol–water partition coefficient (Wildman–Crippen LogP) is 6.23. The monoisotopic (exact) mass is 380 g/mol. The van der Waals surface area contributed by atoms with Gasteiger partial charge in [0.2, 0.25) is 0 Å². The molecule has 0 heterocycles. The lowest BCUT2D eigenvalue weighted by Gasteiger charge is -2.12. The Hall–Kier alpha value is -1.42. The highest BCUT2D eigenvalue weighted by Gasteiger charge is 2.08. The number of hydrogen-bond acceptors (Lipinski definition) is 2. The maximum atomic E-state index is 6.19. The van der Waals surface area contributed by atoms with Crippen LogP contribution in [0.2, 0.25) is 10.0 Å². The normalized spacial score (nSPS) is 10.8. The smallest absolute Gasteiger partial charge is 0.0764 e. The molecule has 0 aromatic heterocycles. The summed E-state index contributed by atoms with van der Waals surface area (Å²) in [5.41, 5.74) is 7.82. The van der Waals surface area contributed by atoms with Crippen LogP contribution in [0.15, 0.2) is 53.0 Å². The van der Waals surface area contributed by atoms with Gasteiger partial charge in [-0.25, -0.2) is 0 Å².